The number of benzene rings is 2. The molecular weight excluding hydrogens is 379 g/mol. The largest absolute Gasteiger partial charge is 0.387 e. The molecule has 5 nitrogen and oxygen atoms in total. The van der Waals surface area contributed by atoms with E-state index in [1.807, 2.05) is 26.0 Å². The molecular formula is C21H21FN2O3S. The van der Waals surface area contributed by atoms with Crippen molar-refractivity contribution in [2.45, 2.75) is 30.6 Å². The number of carbonyl (C=O) groups excluding carboxylic acids is 1. The van der Waals surface area contributed by atoms with E-state index in [9.17, 15) is 14.3 Å². The van der Waals surface area contributed by atoms with Crippen molar-refractivity contribution in [3.8, 4) is 0 Å². The molecule has 7 heteroatoms. The number of nitrogens with one attached hydrogen (secondary N) is 1. The first-order chi connectivity index (χ1) is 13.5. The Hall–Kier alpha value is -2.64. The first kappa shape index (κ1) is 20.1. The fourth-order valence-electron chi connectivity index (χ4n) is 2.73. The van der Waals surface area contributed by atoms with Crippen molar-refractivity contribution in [1.82, 2.24) is 10.5 Å². The van der Waals surface area contributed by atoms with Crippen LogP contribution in [-0.4, -0.2) is 22.7 Å². The van der Waals surface area contributed by atoms with E-state index in [-0.39, 0.29) is 18.3 Å². The average molecular weight is 400 g/mol. The fraction of sp³-hybridized carbons (Fsp3) is 0.238. The number of aliphatic hydroxyl groups excluding tert-OH is 1. The number of carbonyl (C=O) groups is 1. The smallest absolute Gasteiger partial charge is 0.252 e. The van der Waals surface area contributed by atoms with Gasteiger partial charge in [-0.2, -0.15) is 0 Å². The van der Waals surface area contributed by atoms with Crippen LogP contribution in [-0.2, 0) is 5.75 Å². The second-order valence-corrected chi connectivity index (χ2v) is 7.38. The third-order valence-electron chi connectivity index (χ3n) is 4.40. The molecule has 1 amide bonds. The van der Waals surface area contributed by atoms with Crippen molar-refractivity contribution in [2.24, 2.45) is 0 Å². The summed E-state index contributed by atoms with van der Waals surface area (Å²) < 4.78 is 18.2. The highest BCUT2D eigenvalue weighted by Gasteiger charge is 2.16. The minimum Gasteiger partial charge on any atom is -0.387 e. The van der Waals surface area contributed by atoms with Gasteiger partial charge in [0.15, 0.2) is 0 Å². The quantitative estimate of drug-likeness (QED) is 0.582. The molecule has 0 saturated carbocycles. The first-order valence-electron chi connectivity index (χ1n) is 8.81. The Balaban J connectivity index is 1.64. The number of rotatable bonds is 7. The summed E-state index contributed by atoms with van der Waals surface area (Å²) in [6.45, 7) is 3.79. The normalized spacial score (nSPS) is 12.0. The van der Waals surface area contributed by atoms with E-state index in [0.29, 0.717) is 16.9 Å². The summed E-state index contributed by atoms with van der Waals surface area (Å²) >= 11 is 1.53. The molecule has 0 fully saturated rings. The minimum atomic E-state index is -0.910. The predicted octanol–water partition coefficient (Wildman–Crippen LogP) is 4.19. The van der Waals surface area contributed by atoms with Crippen molar-refractivity contribution in [3.63, 3.8) is 0 Å². The van der Waals surface area contributed by atoms with Gasteiger partial charge in [0, 0.05) is 22.8 Å². The van der Waals surface area contributed by atoms with Crippen LogP contribution >= 0.6 is 11.8 Å². The van der Waals surface area contributed by atoms with E-state index in [1.54, 1.807) is 12.1 Å². The van der Waals surface area contributed by atoms with Gasteiger partial charge in [0.2, 0.25) is 0 Å². The lowest BCUT2D eigenvalue weighted by Gasteiger charge is -2.14. The van der Waals surface area contributed by atoms with Crippen LogP contribution in [0.5, 0.6) is 0 Å². The first-order valence-corrected chi connectivity index (χ1v) is 9.79. The summed E-state index contributed by atoms with van der Waals surface area (Å²) in [6.07, 6.45) is -0.910. The number of nitrogens with zero attached hydrogens (tertiary/aromatic N) is 1. The van der Waals surface area contributed by atoms with Gasteiger partial charge >= 0.3 is 0 Å². The minimum absolute atomic E-state index is 0.0351. The second-order valence-electron chi connectivity index (χ2n) is 6.36. The van der Waals surface area contributed by atoms with Crippen molar-refractivity contribution >= 4 is 17.7 Å². The number of aromatic nitrogens is 1. The molecule has 28 heavy (non-hydrogen) atoms. The third kappa shape index (κ3) is 4.79. The van der Waals surface area contributed by atoms with E-state index < -0.39 is 6.10 Å². The maximum Gasteiger partial charge on any atom is 0.252 e. The predicted molar refractivity (Wildman–Crippen MR) is 106 cm³/mol. The fourth-order valence-corrected chi connectivity index (χ4v) is 3.93. The van der Waals surface area contributed by atoms with Gasteiger partial charge in [-0.3, -0.25) is 4.79 Å². The summed E-state index contributed by atoms with van der Waals surface area (Å²) in [5.74, 6) is 0.769. The molecule has 2 N–H and O–H groups in total. The number of hydrogen-bond donors (Lipinski definition) is 2. The number of hydrogen-bond acceptors (Lipinski definition) is 5. The molecule has 0 aliphatic rings. The zero-order chi connectivity index (χ0) is 20.1. The van der Waals surface area contributed by atoms with E-state index in [1.165, 1.54) is 36.0 Å². The third-order valence-corrected chi connectivity index (χ3v) is 5.50. The lowest BCUT2D eigenvalue weighted by molar-refractivity contribution is 0.0913. The van der Waals surface area contributed by atoms with E-state index in [4.69, 9.17) is 4.52 Å². The molecule has 1 heterocycles. The van der Waals surface area contributed by atoms with Gasteiger partial charge in [0.25, 0.3) is 5.91 Å². The molecule has 0 saturated heterocycles. The van der Waals surface area contributed by atoms with E-state index in [2.05, 4.69) is 10.5 Å². The van der Waals surface area contributed by atoms with Crippen LogP contribution < -0.4 is 5.32 Å². The monoisotopic (exact) mass is 400 g/mol. The van der Waals surface area contributed by atoms with Gasteiger partial charge in [-0.05, 0) is 43.7 Å². The molecule has 0 radical (unpaired) electrons. The molecule has 1 aromatic heterocycles. The summed E-state index contributed by atoms with van der Waals surface area (Å²) in [5, 5.41) is 16.9. The van der Waals surface area contributed by atoms with Crippen LogP contribution in [0.3, 0.4) is 0 Å². The van der Waals surface area contributed by atoms with Crippen LogP contribution in [0, 0.1) is 19.7 Å². The maximum atomic E-state index is 13.0. The van der Waals surface area contributed by atoms with Gasteiger partial charge in [0.05, 0.1) is 17.4 Å². The molecule has 3 rings (SSSR count). The molecule has 0 bridgehead atoms. The van der Waals surface area contributed by atoms with Gasteiger partial charge in [0.1, 0.15) is 11.6 Å². The number of amides is 1. The van der Waals surface area contributed by atoms with Crippen molar-refractivity contribution in [1.29, 1.82) is 0 Å². The second kappa shape index (κ2) is 9.03. The molecule has 3 aromatic rings. The van der Waals surface area contributed by atoms with Crippen molar-refractivity contribution < 1.29 is 18.8 Å². The Morgan fingerprint density at radius 3 is 2.61 bits per heavy atom. The maximum absolute atomic E-state index is 13.0. The Morgan fingerprint density at radius 1 is 1.21 bits per heavy atom. The van der Waals surface area contributed by atoms with Crippen LogP contribution in [0.4, 0.5) is 4.39 Å². The molecule has 1 atom stereocenters. The Kier molecular flexibility index (Phi) is 6.49. The number of aryl methyl sites for hydroxylation is 2. The van der Waals surface area contributed by atoms with Crippen LogP contribution in [0.1, 0.15) is 39.0 Å². The highest BCUT2D eigenvalue weighted by molar-refractivity contribution is 7.98. The lowest BCUT2D eigenvalue weighted by atomic mass is 10.1. The number of thioether (sulfide) groups is 1. The van der Waals surface area contributed by atoms with Gasteiger partial charge in [-0.15, -0.1) is 11.8 Å². The summed E-state index contributed by atoms with van der Waals surface area (Å²) in [7, 11) is 0. The Bertz CT molecular complexity index is 937. The zero-order valence-electron chi connectivity index (χ0n) is 15.6. The van der Waals surface area contributed by atoms with Gasteiger partial charge in [-0.25, -0.2) is 4.39 Å². The van der Waals surface area contributed by atoms with Crippen molar-refractivity contribution in [3.05, 3.63) is 82.5 Å². The Labute approximate surface area is 166 Å². The molecule has 146 valence electrons. The van der Waals surface area contributed by atoms with Crippen LogP contribution in [0.2, 0.25) is 0 Å². The summed E-state index contributed by atoms with van der Waals surface area (Å²) in [4.78, 5) is 13.5. The molecule has 0 aliphatic carbocycles. The molecule has 2 aromatic carbocycles. The van der Waals surface area contributed by atoms with Gasteiger partial charge < -0.3 is 14.9 Å². The topological polar surface area (TPSA) is 75.4 Å². The molecule has 1 unspecified atom stereocenters. The van der Waals surface area contributed by atoms with E-state index >= 15 is 0 Å². The van der Waals surface area contributed by atoms with Crippen molar-refractivity contribution in [2.75, 3.05) is 6.54 Å². The summed E-state index contributed by atoms with van der Waals surface area (Å²) in [5.41, 5.74) is 2.94. The standard InChI is InChI=1S/C21H21FN2O3S/c1-13-18(14(2)27-24-13)12-28-20-6-4-3-5-17(20)21(26)23-11-19(25)15-7-9-16(22)10-8-15/h3-10,19,25H,11-12H2,1-2H3,(H,23,26). The van der Waals surface area contributed by atoms with Gasteiger partial charge in [-0.1, -0.05) is 29.4 Å². The van der Waals surface area contributed by atoms with Crippen LogP contribution in [0.25, 0.3) is 0 Å². The zero-order valence-corrected chi connectivity index (χ0v) is 16.4. The molecule has 0 spiro atoms. The lowest BCUT2D eigenvalue weighted by Crippen LogP contribution is -2.28. The van der Waals surface area contributed by atoms with E-state index in [0.717, 1.165) is 21.9 Å². The number of halogens is 1. The summed E-state index contributed by atoms with van der Waals surface area (Å²) in [6, 6.07) is 12.9. The molecule has 0 aliphatic heterocycles. The average Bonchev–Trinajstić information content (AvgIpc) is 3.02. The highest BCUT2D eigenvalue weighted by atomic mass is 32.2. The Morgan fingerprint density at radius 2 is 1.93 bits per heavy atom. The number of aliphatic hydroxyl groups is 1. The SMILES string of the molecule is Cc1noc(C)c1CSc1ccccc1C(=O)NCC(O)c1ccc(F)cc1. The van der Waals surface area contributed by atoms with Crippen LogP contribution in [0.15, 0.2) is 57.9 Å². The highest BCUT2D eigenvalue weighted by Crippen LogP contribution is 2.28.